The Kier molecular flexibility index (Phi) is 3.14. The van der Waals surface area contributed by atoms with E-state index in [9.17, 15) is 0 Å². The van der Waals surface area contributed by atoms with Gasteiger partial charge < -0.3 is 10.5 Å². The van der Waals surface area contributed by atoms with E-state index < -0.39 is 0 Å². The van der Waals surface area contributed by atoms with Crippen molar-refractivity contribution in [1.29, 1.82) is 0 Å². The molecule has 0 unspecified atom stereocenters. The molecule has 0 aliphatic carbocycles. The van der Waals surface area contributed by atoms with Gasteiger partial charge in [-0.05, 0) is 19.1 Å². The first kappa shape index (κ1) is 8.59. The predicted molar refractivity (Wildman–Crippen MR) is 49.0 cm³/mol. The first-order valence-electron chi connectivity index (χ1n) is 3.79. The van der Waals surface area contributed by atoms with Crippen LogP contribution in [0.25, 0.3) is 0 Å². The van der Waals surface area contributed by atoms with Crippen molar-refractivity contribution in [2.45, 2.75) is 6.92 Å². The van der Waals surface area contributed by atoms with Gasteiger partial charge in [-0.25, -0.2) is 4.98 Å². The summed E-state index contributed by atoms with van der Waals surface area (Å²) in [7, 11) is 0. The first-order valence-corrected chi connectivity index (χ1v) is 3.79. The monoisotopic (exact) mass is 164 g/mol. The topological polar surface area (TPSA) is 48.1 Å². The Morgan fingerprint density at radius 2 is 2.50 bits per heavy atom. The summed E-state index contributed by atoms with van der Waals surface area (Å²) in [5.41, 5.74) is 5.54. The maximum atomic E-state index is 5.54. The molecule has 64 valence electrons. The van der Waals surface area contributed by atoms with Crippen LogP contribution in [0.15, 0.2) is 30.5 Å². The molecule has 3 nitrogen and oxygen atoms in total. The van der Waals surface area contributed by atoms with Gasteiger partial charge in [0.15, 0.2) is 11.6 Å². The molecule has 2 N–H and O–H groups in total. The molecule has 1 aromatic rings. The molecular weight excluding hydrogens is 152 g/mol. The molecule has 0 radical (unpaired) electrons. The minimum Gasteiger partial charge on any atom is -0.486 e. The van der Waals surface area contributed by atoms with Crippen LogP contribution in [0.1, 0.15) is 6.92 Å². The van der Waals surface area contributed by atoms with Crippen molar-refractivity contribution in [1.82, 2.24) is 4.98 Å². The molecule has 1 heterocycles. The summed E-state index contributed by atoms with van der Waals surface area (Å²) in [5.74, 6) is 1.07. The smallest absolute Gasteiger partial charge is 0.166 e. The highest BCUT2D eigenvalue weighted by molar-refractivity contribution is 5.44. The Bertz CT molecular complexity index is 271. The number of rotatable bonds is 3. The molecule has 0 saturated carbocycles. The molecule has 0 bridgehead atoms. The number of pyridine rings is 1. The SMILES string of the molecule is C/C=C/COc1cccnc1N. The molecule has 0 aliphatic rings. The quantitative estimate of drug-likeness (QED) is 0.690. The maximum Gasteiger partial charge on any atom is 0.166 e. The minimum absolute atomic E-state index is 0.432. The van der Waals surface area contributed by atoms with Gasteiger partial charge in [0.25, 0.3) is 0 Å². The second-order valence-electron chi connectivity index (χ2n) is 2.27. The van der Waals surface area contributed by atoms with E-state index >= 15 is 0 Å². The number of hydrogen-bond donors (Lipinski definition) is 1. The zero-order valence-electron chi connectivity index (χ0n) is 7.03. The van der Waals surface area contributed by atoms with E-state index in [1.54, 1.807) is 18.3 Å². The normalized spacial score (nSPS) is 10.4. The number of nitrogens with two attached hydrogens (primary N) is 1. The van der Waals surface area contributed by atoms with Crippen molar-refractivity contribution in [3.05, 3.63) is 30.5 Å². The van der Waals surface area contributed by atoms with Crippen molar-refractivity contribution >= 4 is 5.82 Å². The second kappa shape index (κ2) is 4.38. The molecule has 0 amide bonds. The number of hydrogen-bond acceptors (Lipinski definition) is 3. The van der Waals surface area contributed by atoms with Crippen LogP contribution in [0.4, 0.5) is 5.82 Å². The van der Waals surface area contributed by atoms with Gasteiger partial charge in [0.05, 0.1) is 0 Å². The number of anilines is 1. The number of ether oxygens (including phenoxy) is 1. The zero-order chi connectivity index (χ0) is 8.81. The molecule has 0 atom stereocenters. The summed E-state index contributed by atoms with van der Waals surface area (Å²) < 4.78 is 5.30. The van der Waals surface area contributed by atoms with Crippen LogP contribution in [-0.4, -0.2) is 11.6 Å². The van der Waals surface area contributed by atoms with Crippen molar-refractivity contribution in [2.75, 3.05) is 12.3 Å². The van der Waals surface area contributed by atoms with Gasteiger partial charge in [-0.3, -0.25) is 0 Å². The Morgan fingerprint density at radius 3 is 3.17 bits per heavy atom. The third-order valence-electron chi connectivity index (χ3n) is 1.37. The molecule has 0 spiro atoms. The third kappa shape index (κ3) is 2.27. The lowest BCUT2D eigenvalue weighted by Gasteiger charge is -2.03. The number of nitrogens with zero attached hydrogens (tertiary/aromatic N) is 1. The summed E-state index contributed by atoms with van der Waals surface area (Å²) in [6, 6.07) is 3.59. The Balaban J connectivity index is 2.57. The lowest BCUT2D eigenvalue weighted by molar-refractivity contribution is 0.363. The van der Waals surface area contributed by atoms with E-state index in [1.807, 2.05) is 19.1 Å². The van der Waals surface area contributed by atoms with Crippen LogP contribution in [0, 0.1) is 0 Å². The Morgan fingerprint density at radius 1 is 1.67 bits per heavy atom. The lowest BCUT2D eigenvalue weighted by atomic mass is 10.4. The highest BCUT2D eigenvalue weighted by Crippen LogP contribution is 2.16. The van der Waals surface area contributed by atoms with Gasteiger partial charge in [0.2, 0.25) is 0 Å². The highest BCUT2D eigenvalue weighted by atomic mass is 16.5. The first-order chi connectivity index (χ1) is 5.84. The average Bonchev–Trinajstić information content (AvgIpc) is 2.09. The van der Waals surface area contributed by atoms with Gasteiger partial charge in [0.1, 0.15) is 6.61 Å². The molecule has 12 heavy (non-hydrogen) atoms. The van der Waals surface area contributed by atoms with Crippen molar-refractivity contribution in [2.24, 2.45) is 0 Å². The lowest BCUT2D eigenvalue weighted by Crippen LogP contribution is -1.98. The minimum atomic E-state index is 0.432. The number of aromatic nitrogens is 1. The van der Waals surface area contributed by atoms with Gasteiger partial charge in [-0.15, -0.1) is 0 Å². The van der Waals surface area contributed by atoms with Crippen molar-refractivity contribution in [3.8, 4) is 5.75 Å². The van der Waals surface area contributed by atoms with Gasteiger partial charge in [-0.2, -0.15) is 0 Å². The van der Waals surface area contributed by atoms with Crippen LogP contribution < -0.4 is 10.5 Å². The molecule has 0 aliphatic heterocycles. The Hall–Kier alpha value is -1.51. The second-order valence-corrected chi connectivity index (χ2v) is 2.27. The van der Waals surface area contributed by atoms with E-state index in [1.165, 1.54) is 0 Å². The zero-order valence-corrected chi connectivity index (χ0v) is 7.03. The summed E-state index contributed by atoms with van der Waals surface area (Å²) in [4.78, 5) is 3.89. The number of nitrogen functional groups attached to an aromatic ring is 1. The Labute approximate surface area is 71.9 Å². The fourth-order valence-corrected chi connectivity index (χ4v) is 0.759. The molecule has 0 saturated heterocycles. The standard InChI is InChI=1S/C9H12N2O/c1-2-3-7-12-8-5-4-6-11-9(8)10/h2-6H,7H2,1H3,(H2,10,11)/b3-2+. The highest BCUT2D eigenvalue weighted by Gasteiger charge is 1.96. The van der Waals surface area contributed by atoms with Crippen LogP contribution in [0.5, 0.6) is 5.75 Å². The van der Waals surface area contributed by atoms with Crippen LogP contribution >= 0.6 is 0 Å². The van der Waals surface area contributed by atoms with Crippen LogP contribution in [0.2, 0.25) is 0 Å². The average molecular weight is 164 g/mol. The molecular formula is C9H12N2O. The van der Waals surface area contributed by atoms with Crippen molar-refractivity contribution < 1.29 is 4.74 Å². The maximum absolute atomic E-state index is 5.54. The molecule has 1 aromatic heterocycles. The van der Waals surface area contributed by atoms with Crippen LogP contribution in [-0.2, 0) is 0 Å². The van der Waals surface area contributed by atoms with E-state index in [4.69, 9.17) is 10.5 Å². The molecule has 0 aromatic carbocycles. The van der Waals surface area contributed by atoms with E-state index in [2.05, 4.69) is 4.98 Å². The molecule has 3 heteroatoms. The molecule has 0 fully saturated rings. The fourth-order valence-electron chi connectivity index (χ4n) is 0.759. The van der Waals surface area contributed by atoms with Gasteiger partial charge in [-0.1, -0.05) is 12.2 Å². The summed E-state index contributed by atoms with van der Waals surface area (Å²) in [6.07, 6.45) is 5.47. The number of allylic oxidation sites excluding steroid dienone is 1. The molecule has 1 rings (SSSR count). The largest absolute Gasteiger partial charge is 0.486 e. The third-order valence-corrected chi connectivity index (χ3v) is 1.37. The van der Waals surface area contributed by atoms with E-state index in [-0.39, 0.29) is 0 Å². The summed E-state index contributed by atoms with van der Waals surface area (Å²) >= 11 is 0. The van der Waals surface area contributed by atoms with E-state index in [0.29, 0.717) is 18.2 Å². The van der Waals surface area contributed by atoms with E-state index in [0.717, 1.165) is 0 Å². The summed E-state index contributed by atoms with van der Waals surface area (Å²) in [5, 5.41) is 0. The van der Waals surface area contributed by atoms with Crippen LogP contribution in [0.3, 0.4) is 0 Å². The predicted octanol–water partition coefficient (Wildman–Crippen LogP) is 1.62. The fraction of sp³-hybridized carbons (Fsp3) is 0.222. The summed E-state index contributed by atoms with van der Waals surface area (Å²) in [6.45, 7) is 2.47. The van der Waals surface area contributed by atoms with Gasteiger partial charge >= 0.3 is 0 Å². The van der Waals surface area contributed by atoms with Crippen molar-refractivity contribution in [3.63, 3.8) is 0 Å². The van der Waals surface area contributed by atoms with Gasteiger partial charge in [0, 0.05) is 6.20 Å².